The van der Waals surface area contributed by atoms with Gasteiger partial charge in [0.1, 0.15) is 18.2 Å². The monoisotopic (exact) mass is 484 g/mol. The van der Waals surface area contributed by atoms with Crippen LogP contribution in [0.15, 0.2) is 42.6 Å². The molecule has 2 aliphatic rings. The number of hydrogen-bond acceptors (Lipinski definition) is 8. The number of carbonyl (C=O) groups excluding carboxylic acids is 1. The van der Waals surface area contributed by atoms with Gasteiger partial charge in [0.15, 0.2) is 5.82 Å². The highest BCUT2D eigenvalue weighted by atomic mass is 16.5. The minimum absolute atomic E-state index is 0.0788. The van der Waals surface area contributed by atoms with Crippen molar-refractivity contribution in [2.75, 3.05) is 36.5 Å². The van der Waals surface area contributed by atoms with Gasteiger partial charge in [-0.15, -0.1) is 0 Å². The molecule has 0 radical (unpaired) electrons. The molecule has 184 valence electrons. The number of pyridine rings is 2. The molecular formula is C26H28N8O2. The molecule has 3 aromatic heterocycles. The molecule has 36 heavy (non-hydrogen) atoms. The molecule has 1 amide bonds. The van der Waals surface area contributed by atoms with Crippen LogP contribution in [0.2, 0.25) is 0 Å². The molecule has 4 aromatic rings. The first-order chi connectivity index (χ1) is 17.5. The van der Waals surface area contributed by atoms with Crippen molar-refractivity contribution in [2.45, 2.75) is 32.4 Å². The smallest absolute Gasteiger partial charge is 0.244 e. The van der Waals surface area contributed by atoms with Crippen LogP contribution in [0.25, 0.3) is 22.0 Å². The average molecular weight is 485 g/mol. The second-order valence-electron chi connectivity index (χ2n) is 9.36. The van der Waals surface area contributed by atoms with Crippen LogP contribution in [-0.4, -0.2) is 56.4 Å². The number of hydrogen-bond donors (Lipinski definition) is 3. The summed E-state index contributed by atoms with van der Waals surface area (Å²) >= 11 is 0. The quantitative estimate of drug-likeness (QED) is 0.376. The number of carbonyl (C=O) groups is 1. The summed E-state index contributed by atoms with van der Waals surface area (Å²) in [4.78, 5) is 23.9. The Balaban J connectivity index is 1.26. The number of rotatable bonds is 4. The second kappa shape index (κ2) is 8.80. The zero-order chi connectivity index (χ0) is 24.8. The Hall–Kier alpha value is -4.18. The second-order valence-corrected chi connectivity index (χ2v) is 9.36. The highest BCUT2D eigenvalue weighted by Crippen LogP contribution is 2.31. The molecule has 0 saturated carbocycles. The van der Waals surface area contributed by atoms with Gasteiger partial charge in [-0.05, 0) is 42.5 Å². The third-order valence-electron chi connectivity index (χ3n) is 7.08. The van der Waals surface area contributed by atoms with E-state index in [1.54, 1.807) is 10.9 Å². The first-order valence-electron chi connectivity index (χ1n) is 12.1. The van der Waals surface area contributed by atoms with Crippen molar-refractivity contribution in [3.63, 3.8) is 0 Å². The third-order valence-corrected chi connectivity index (χ3v) is 7.08. The average Bonchev–Trinajstić information content (AvgIpc) is 3.48. The number of anilines is 4. The molecule has 1 aromatic carbocycles. The molecule has 5 N–H and O–H groups in total. The molecule has 0 bridgehead atoms. The highest BCUT2D eigenvalue weighted by Gasteiger charge is 2.30. The fraction of sp³-hybridized carbons (Fsp3) is 0.308. The van der Waals surface area contributed by atoms with Crippen LogP contribution in [0.4, 0.5) is 23.1 Å². The number of nitrogens with zero attached hydrogens (tertiary/aromatic N) is 5. The number of nitrogens with two attached hydrogens (primary N) is 2. The summed E-state index contributed by atoms with van der Waals surface area (Å²) in [7, 11) is 0. The van der Waals surface area contributed by atoms with E-state index in [1.807, 2.05) is 48.2 Å². The molecule has 0 spiro atoms. The first kappa shape index (κ1) is 22.3. The van der Waals surface area contributed by atoms with E-state index in [0.29, 0.717) is 42.9 Å². The summed E-state index contributed by atoms with van der Waals surface area (Å²) in [6.45, 7) is 4.20. The maximum absolute atomic E-state index is 12.9. The first-order valence-corrected chi connectivity index (χ1v) is 12.1. The zero-order valence-corrected chi connectivity index (χ0v) is 20.1. The number of aromatic nitrogens is 4. The van der Waals surface area contributed by atoms with E-state index in [1.165, 1.54) is 0 Å². The van der Waals surface area contributed by atoms with Gasteiger partial charge in [-0.3, -0.25) is 9.48 Å². The predicted octanol–water partition coefficient (Wildman–Crippen LogP) is 2.88. The Morgan fingerprint density at radius 2 is 2.06 bits per heavy atom. The minimum Gasteiger partial charge on any atom is -0.398 e. The standard InChI is InChI=1S/C26H28N8O2/c1-15-19(3-2-4-21(15)27)22-9-16-10-23(29-12-20(16)26(28)30-22)31-24-11-17-5-7-33(18-6-8-36-14-18)25(35)13-34(17)32-24/h2-4,9-12,18H,5-8,13-14,27H2,1H3,(H2,28,30)(H,29,31,32). The fourth-order valence-corrected chi connectivity index (χ4v) is 5.03. The Morgan fingerprint density at radius 1 is 1.17 bits per heavy atom. The van der Waals surface area contributed by atoms with E-state index in [9.17, 15) is 4.79 Å². The Labute approximate surface area is 208 Å². The van der Waals surface area contributed by atoms with Crippen molar-refractivity contribution >= 4 is 39.8 Å². The van der Waals surface area contributed by atoms with Crippen LogP contribution >= 0.6 is 0 Å². The number of nitrogen functional groups attached to an aromatic ring is 2. The van der Waals surface area contributed by atoms with Crippen LogP contribution in [0.1, 0.15) is 17.7 Å². The van der Waals surface area contributed by atoms with Crippen molar-refractivity contribution in [1.29, 1.82) is 0 Å². The van der Waals surface area contributed by atoms with Crippen LogP contribution in [-0.2, 0) is 22.5 Å². The van der Waals surface area contributed by atoms with Crippen molar-refractivity contribution in [3.05, 3.63) is 53.9 Å². The van der Waals surface area contributed by atoms with Crippen molar-refractivity contribution in [2.24, 2.45) is 0 Å². The molecule has 6 rings (SSSR count). The van der Waals surface area contributed by atoms with Gasteiger partial charge in [0.25, 0.3) is 0 Å². The normalized spacial score (nSPS) is 17.9. The van der Waals surface area contributed by atoms with Gasteiger partial charge in [0.05, 0.1) is 18.3 Å². The molecular weight excluding hydrogens is 456 g/mol. The number of benzene rings is 1. The fourth-order valence-electron chi connectivity index (χ4n) is 5.03. The van der Waals surface area contributed by atoms with Gasteiger partial charge < -0.3 is 26.4 Å². The van der Waals surface area contributed by atoms with E-state index in [4.69, 9.17) is 16.2 Å². The van der Waals surface area contributed by atoms with Gasteiger partial charge in [-0.2, -0.15) is 5.10 Å². The van der Waals surface area contributed by atoms with Crippen molar-refractivity contribution in [3.8, 4) is 11.3 Å². The topological polar surface area (TPSA) is 137 Å². The van der Waals surface area contributed by atoms with Gasteiger partial charge >= 0.3 is 0 Å². The molecule has 1 atom stereocenters. The molecule has 5 heterocycles. The maximum atomic E-state index is 12.9. The SMILES string of the molecule is Cc1c(N)cccc1-c1cc2cc(Nc3cc4n(n3)CC(=O)N(C3CCOC3)CC4)ncc2c(N)n1. The van der Waals surface area contributed by atoms with E-state index in [-0.39, 0.29) is 18.5 Å². The van der Waals surface area contributed by atoms with Crippen molar-refractivity contribution < 1.29 is 9.53 Å². The lowest BCUT2D eigenvalue weighted by molar-refractivity contribution is -0.133. The minimum atomic E-state index is 0.0788. The lowest BCUT2D eigenvalue weighted by atomic mass is 10.0. The molecule has 10 heteroatoms. The van der Waals surface area contributed by atoms with Crippen LogP contribution in [0, 0.1) is 6.92 Å². The highest BCUT2D eigenvalue weighted by molar-refractivity contribution is 5.95. The van der Waals surface area contributed by atoms with Gasteiger partial charge in [0.2, 0.25) is 5.91 Å². The van der Waals surface area contributed by atoms with E-state index in [0.717, 1.165) is 46.1 Å². The molecule has 1 unspecified atom stereocenters. The number of nitrogens with one attached hydrogen (secondary N) is 1. The van der Waals surface area contributed by atoms with Gasteiger partial charge in [-0.25, -0.2) is 9.97 Å². The van der Waals surface area contributed by atoms with E-state index in [2.05, 4.69) is 20.4 Å². The van der Waals surface area contributed by atoms with Gasteiger partial charge in [-0.1, -0.05) is 12.1 Å². The Morgan fingerprint density at radius 3 is 2.89 bits per heavy atom. The Kier molecular flexibility index (Phi) is 5.45. The number of ether oxygens (including phenoxy) is 1. The van der Waals surface area contributed by atoms with Crippen LogP contribution in [0.5, 0.6) is 0 Å². The molecule has 1 saturated heterocycles. The lowest BCUT2D eigenvalue weighted by Crippen LogP contribution is -2.42. The Bertz CT molecular complexity index is 1470. The predicted molar refractivity (Wildman–Crippen MR) is 139 cm³/mol. The molecule has 10 nitrogen and oxygen atoms in total. The lowest BCUT2D eigenvalue weighted by Gasteiger charge is -2.26. The number of fused-ring (bicyclic) bond motifs is 2. The van der Waals surface area contributed by atoms with E-state index < -0.39 is 0 Å². The van der Waals surface area contributed by atoms with Gasteiger partial charge in [0, 0.05) is 54.2 Å². The number of amides is 1. The maximum Gasteiger partial charge on any atom is 0.244 e. The summed E-state index contributed by atoms with van der Waals surface area (Å²) in [5, 5.41) is 9.60. The van der Waals surface area contributed by atoms with Crippen LogP contribution < -0.4 is 16.8 Å². The summed E-state index contributed by atoms with van der Waals surface area (Å²) in [5.41, 5.74) is 16.8. The summed E-state index contributed by atoms with van der Waals surface area (Å²) in [6.07, 6.45) is 3.35. The molecule has 0 aliphatic carbocycles. The van der Waals surface area contributed by atoms with E-state index >= 15 is 0 Å². The summed E-state index contributed by atoms with van der Waals surface area (Å²) in [5.74, 6) is 1.77. The third kappa shape index (κ3) is 3.99. The largest absolute Gasteiger partial charge is 0.398 e. The zero-order valence-electron chi connectivity index (χ0n) is 20.1. The molecule has 1 fully saturated rings. The van der Waals surface area contributed by atoms with Crippen LogP contribution in [0.3, 0.4) is 0 Å². The summed E-state index contributed by atoms with van der Waals surface area (Å²) < 4.78 is 7.26. The van der Waals surface area contributed by atoms with Crippen molar-refractivity contribution in [1.82, 2.24) is 24.6 Å². The molecule has 2 aliphatic heterocycles. The summed E-state index contributed by atoms with van der Waals surface area (Å²) in [6, 6.07) is 11.8.